The number of rotatable bonds is 3. The third-order valence-electron chi connectivity index (χ3n) is 3.41. The van der Waals surface area contributed by atoms with Gasteiger partial charge in [0.2, 0.25) is 5.82 Å². The molecule has 112 valence electrons. The first-order valence-corrected chi connectivity index (χ1v) is 6.73. The van der Waals surface area contributed by atoms with Gasteiger partial charge in [0.15, 0.2) is 0 Å². The van der Waals surface area contributed by atoms with E-state index in [1.165, 1.54) is 12.1 Å². The molecule has 0 radical (unpaired) electrons. The summed E-state index contributed by atoms with van der Waals surface area (Å²) in [6.07, 6.45) is 1.61. The molecule has 0 spiro atoms. The van der Waals surface area contributed by atoms with Gasteiger partial charge in [-0.1, -0.05) is 11.2 Å². The Morgan fingerprint density at radius 3 is 2.91 bits per heavy atom. The standard InChI is InChI=1S/C15H9N5O3/c21-20(22)11-3-1-2-10(6-11)15-18-14(19-23-15)9-4-5-12-13(7-9)17-8-16-12/h1-8H,(H,16,17). The fourth-order valence-electron chi connectivity index (χ4n) is 2.29. The molecule has 0 aliphatic rings. The summed E-state index contributed by atoms with van der Waals surface area (Å²) in [6, 6.07) is 11.6. The maximum Gasteiger partial charge on any atom is 0.270 e. The minimum absolute atomic E-state index is 0.0267. The number of non-ortho nitro benzene ring substituents is 1. The van der Waals surface area contributed by atoms with Crippen LogP contribution in [0.4, 0.5) is 5.69 Å². The highest BCUT2D eigenvalue weighted by Crippen LogP contribution is 2.26. The number of nitrogens with one attached hydrogen (secondary N) is 1. The Morgan fingerprint density at radius 1 is 1.13 bits per heavy atom. The highest BCUT2D eigenvalue weighted by molar-refractivity contribution is 5.80. The van der Waals surface area contributed by atoms with Crippen molar-refractivity contribution in [3.8, 4) is 22.8 Å². The van der Waals surface area contributed by atoms with E-state index >= 15 is 0 Å². The van der Waals surface area contributed by atoms with Crippen molar-refractivity contribution in [2.45, 2.75) is 0 Å². The number of nitrogens with zero attached hydrogens (tertiary/aromatic N) is 4. The van der Waals surface area contributed by atoms with Crippen LogP contribution in [0.1, 0.15) is 0 Å². The summed E-state index contributed by atoms with van der Waals surface area (Å²) < 4.78 is 5.22. The summed E-state index contributed by atoms with van der Waals surface area (Å²) in [6.45, 7) is 0. The minimum atomic E-state index is -0.465. The van der Waals surface area contributed by atoms with E-state index in [0.29, 0.717) is 11.4 Å². The number of nitro benzene ring substituents is 1. The second kappa shape index (κ2) is 5.02. The van der Waals surface area contributed by atoms with Gasteiger partial charge in [-0.15, -0.1) is 0 Å². The molecule has 1 N–H and O–H groups in total. The molecule has 0 unspecified atom stereocenters. The van der Waals surface area contributed by atoms with E-state index in [1.54, 1.807) is 18.5 Å². The summed E-state index contributed by atoms with van der Waals surface area (Å²) in [5.41, 5.74) is 2.95. The molecular weight excluding hydrogens is 298 g/mol. The van der Waals surface area contributed by atoms with Gasteiger partial charge in [0.1, 0.15) is 0 Å². The maximum atomic E-state index is 10.8. The highest BCUT2D eigenvalue weighted by atomic mass is 16.6. The normalized spacial score (nSPS) is 11.0. The lowest BCUT2D eigenvalue weighted by molar-refractivity contribution is -0.384. The predicted molar refractivity (Wildman–Crippen MR) is 81.5 cm³/mol. The topological polar surface area (TPSA) is 111 Å². The van der Waals surface area contributed by atoms with Gasteiger partial charge < -0.3 is 9.51 Å². The van der Waals surface area contributed by atoms with Gasteiger partial charge >= 0.3 is 0 Å². The molecule has 2 aromatic carbocycles. The summed E-state index contributed by atoms with van der Waals surface area (Å²) >= 11 is 0. The van der Waals surface area contributed by atoms with Gasteiger partial charge in [-0.3, -0.25) is 10.1 Å². The van der Waals surface area contributed by atoms with Crippen molar-refractivity contribution in [2.75, 3.05) is 0 Å². The molecule has 4 aromatic rings. The molecule has 8 heteroatoms. The van der Waals surface area contributed by atoms with Crippen LogP contribution in [0.5, 0.6) is 0 Å². The molecule has 2 aromatic heterocycles. The van der Waals surface area contributed by atoms with Crippen LogP contribution < -0.4 is 0 Å². The second-order valence-electron chi connectivity index (χ2n) is 4.87. The van der Waals surface area contributed by atoms with Gasteiger partial charge in [-0.25, -0.2) is 4.98 Å². The minimum Gasteiger partial charge on any atom is -0.345 e. The number of fused-ring (bicyclic) bond motifs is 1. The molecule has 0 amide bonds. The van der Waals surface area contributed by atoms with Crippen molar-refractivity contribution < 1.29 is 9.45 Å². The molecule has 0 saturated heterocycles. The zero-order chi connectivity index (χ0) is 15.8. The van der Waals surface area contributed by atoms with Gasteiger partial charge in [-0.05, 0) is 24.3 Å². The molecule has 0 aliphatic heterocycles. The molecule has 0 bridgehead atoms. The van der Waals surface area contributed by atoms with E-state index in [4.69, 9.17) is 4.52 Å². The average molecular weight is 307 g/mol. The second-order valence-corrected chi connectivity index (χ2v) is 4.87. The summed E-state index contributed by atoms with van der Waals surface area (Å²) in [4.78, 5) is 21.8. The van der Waals surface area contributed by atoms with Crippen molar-refractivity contribution >= 4 is 16.7 Å². The third kappa shape index (κ3) is 2.31. The smallest absolute Gasteiger partial charge is 0.270 e. The highest BCUT2D eigenvalue weighted by Gasteiger charge is 2.14. The third-order valence-corrected chi connectivity index (χ3v) is 3.41. The van der Waals surface area contributed by atoms with Crippen molar-refractivity contribution in [1.29, 1.82) is 0 Å². The zero-order valence-electron chi connectivity index (χ0n) is 11.6. The molecule has 0 fully saturated rings. The number of benzene rings is 2. The first-order chi connectivity index (χ1) is 11.2. The lowest BCUT2D eigenvalue weighted by atomic mass is 10.2. The molecule has 4 rings (SSSR count). The zero-order valence-corrected chi connectivity index (χ0v) is 11.6. The van der Waals surface area contributed by atoms with Crippen LogP contribution in [0, 0.1) is 10.1 Å². The Morgan fingerprint density at radius 2 is 2.04 bits per heavy atom. The summed E-state index contributed by atoms with van der Waals surface area (Å²) in [7, 11) is 0. The van der Waals surface area contributed by atoms with Crippen LogP contribution in [-0.4, -0.2) is 25.0 Å². The van der Waals surface area contributed by atoms with Gasteiger partial charge in [0.05, 0.1) is 22.3 Å². The number of aromatic nitrogens is 4. The Kier molecular flexibility index (Phi) is 2.87. The van der Waals surface area contributed by atoms with E-state index in [2.05, 4.69) is 20.1 Å². The first kappa shape index (κ1) is 13.1. The van der Waals surface area contributed by atoms with E-state index < -0.39 is 4.92 Å². The van der Waals surface area contributed by atoms with E-state index in [0.717, 1.165) is 16.6 Å². The van der Waals surface area contributed by atoms with Crippen molar-refractivity contribution in [3.63, 3.8) is 0 Å². The molecule has 23 heavy (non-hydrogen) atoms. The van der Waals surface area contributed by atoms with E-state index in [1.807, 2.05) is 18.2 Å². The molecule has 0 saturated carbocycles. The van der Waals surface area contributed by atoms with Crippen molar-refractivity contribution in [1.82, 2.24) is 20.1 Å². The lowest BCUT2D eigenvalue weighted by Crippen LogP contribution is -1.88. The Hall–Kier alpha value is -3.55. The number of hydrogen-bond donors (Lipinski definition) is 1. The van der Waals surface area contributed by atoms with Crippen LogP contribution in [-0.2, 0) is 0 Å². The van der Waals surface area contributed by atoms with Gasteiger partial charge in [0, 0.05) is 23.3 Å². The van der Waals surface area contributed by atoms with E-state index in [9.17, 15) is 10.1 Å². The SMILES string of the molecule is O=[N+]([O-])c1cccc(-c2nc(-c3ccc4nc[nH]c4c3)no2)c1. The predicted octanol–water partition coefficient (Wildman–Crippen LogP) is 3.19. The maximum absolute atomic E-state index is 10.8. The van der Waals surface area contributed by atoms with Crippen LogP contribution >= 0.6 is 0 Å². The molecule has 0 atom stereocenters. The average Bonchev–Trinajstić information content (AvgIpc) is 3.23. The van der Waals surface area contributed by atoms with Crippen molar-refractivity contribution in [3.05, 3.63) is 58.9 Å². The molecule has 0 aliphatic carbocycles. The van der Waals surface area contributed by atoms with Crippen LogP contribution in [0.15, 0.2) is 53.3 Å². The fraction of sp³-hybridized carbons (Fsp3) is 0. The van der Waals surface area contributed by atoms with Gasteiger partial charge in [-0.2, -0.15) is 4.98 Å². The monoisotopic (exact) mass is 307 g/mol. The Balaban J connectivity index is 1.73. The largest absolute Gasteiger partial charge is 0.345 e. The quantitative estimate of drug-likeness (QED) is 0.459. The first-order valence-electron chi connectivity index (χ1n) is 6.73. The summed E-state index contributed by atoms with van der Waals surface area (Å²) in [5.74, 6) is 0.636. The van der Waals surface area contributed by atoms with Gasteiger partial charge in [0.25, 0.3) is 11.6 Å². The number of imidazole rings is 1. The Bertz CT molecular complexity index is 1020. The number of H-pyrrole nitrogens is 1. The van der Waals surface area contributed by atoms with Crippen LogP contribution in [0.3, 0.4) is 0 Å². The lowest BCUT2D eigenvalue weighted by Gasteiger charge is -1.95. The fourth-order valence-corrected chi connectivity index (χ4v) is 2.29. The molecule has 8 nitrogen and oxygen atoms in total. The van der Waals surface area contributed by atoms with Crippen molar-refractivity contribution in [2.24, 2.45) is 0 Å². The van der Waals surface area contributed by atoms with Crippen LogP contribution in [0.2, 0.25) is 0 Å². The summed E-state index contributed by atoms with van der Waals surface area (Å²) in [5, 5.41) is 14.8. The number of hydrogen-bond acceptors (Lipinski definition) is 6. The van der Waals surface area contributed by atoms with Crippen LogP contribution in [0.25, 0.3) is 33.9 Å². The number of aromatic amines is 1. The molecular formula is C15H9N5O3. The Labute approximate surface area is 128 Å². The molecule has 2 heterocycles. The van der Waals surface area contributed by atoms with E-state index in [-0.39, 0.29) is 11.6 Å². The number of nitro groups is 1.